The highest BCUT2D eigenvalue weighted by molar-refractivity contribution is 6.33. The van der Waals surface area contributed by atoms with Crippen LogP contribution < -0.4 is 15.9 Å². The summed E-state index contributed by atoms with van der Waals surface area (Å²) in [7, 11) is 1.56. The predicted molar refractivity (Wildman–Crippen MR) is 83.9 cm³/mol. The van der Waals surface area contributed by atoms with Crippen molar-refractivity contribution in [3.63, 3.8) is 0 Å². The zero-order valence-corrected chi connectivity index (χ0v) is 12.1. The first-order valence-electron chi connectivity index (χ1n) is 6.12. The van der Waals surface area contributed by atoms with Gasteiger partial charge in [-0.3, -0.25) is 4.79 Å². The number of amides is 1. The molecule has 3 N–H and O–H groups in total. The van der Waals surface area contributed by atoms with Gasteiger partial charge < -0.3 is 10.5 Å². The van der Waals surface area contributed by atoms with Crippen molar-refractivity contribution in [2.24, 2.45) is 5.10 Å². The molecule has 0 atom stereocenters. The lowest BCUT2D eigenvalue weighted by Crippen LogP contribution is -2.17. The van der Waals surface area contributed by atoms with Crippen LogP contribution in [-0.2, 0) is 0 Å². The van der Waals surface area contributed by atoms with E-state index in [-0.39, 0.29) is 5.91 Å². The summed E-state index contributed by atoms with van der Waals surface area (Å²) < 4.78 is 5.05. The fraction of sp³-hybridized carbons (Fsp3) is 0.0667. The molecular formula is C15H14ClN3O2. The van der Waals surface area contributed by atoms with E-state index in [0.717, 1.165) is 0 Å². The van der Waals surface area contributed by atoms with Gasteiger partial charge in [0.2, 0.25) is 0 Å². The molecule has 0 spiro atoms. The molecule has 0 bridgehead atoms. The average Bonchev–Trinajstić information content (AvgIpc) is 2.49. The van der Waals surface area contributed by atoms with Gasteiger partial charge in [-0.15, -0.1) is 0 Å². The van der Waals surface area contributed by atoms with Crippen LogP contribution in [-0.4, -0.2) is 19.2 Å². The van der Waals surface area contributed by atoms with E-state index in [4.69, 9.17) is 22.1 Å². The minimum absolute atomic E-state index is 0.323. The molecule has 2 aromatic carbocycles. The molecule has 6 heteroatoms. The van der Waals surface area contributed by atoms with Gasteiger partial charge >= 0.3 is 0 Å². The molecule has 0 aromatic heterocycles. The first-order valence-corrected chi connectivity index (χ1v) is 6.50. The van der Waals surface area contributed by atoms with E-state index in [0.29, 0.717) is 27.6 Å². The van der Waals surface area contributed by atoms with Crippen molar-refractivity contribution < 1.29 is 9.53 Å². The van der Waals surface area contributed by atoms with Gasteiger partial charge in [0.05, 0.1) is 18.3 Å². The molecule has 0 unspecified atom stereocenters. The molecule has 0 saturated heterocycles. The van der Waals surface area contributed by atoms with Crippen LogP contribution in [0.5, 0.6) is 5.75 Å². The van der Waals surface area contributed by atoms with Crippen molar-refractivity contribution >= 4 is 29.4 Å². The number of carbonyl (C=O) groups excluding carboxylic acids is 1. The molecule has 0 aliphatic heterocycles. The predicted octanol–water partition coefficient (Wildman–Crippen LogP) is 2.69. The Morgan fingerprint density at radius 2 is 2.00 bits per heavy atom. The minimum Gasteiger partial charge on any atom is -0.497 e. The molecule has 1 amide bonds. The van der Waals surface area contributed by atoms with E-state index in [9.17, 15) is 4.79 Å². The van der Waals surface area contributed by atoms with Crippen molar-refractivity contribution in [2.45, 2.75) is 0 Å². The fourth-order valence-electron chi connectivity index (χ4n) is 1.60. The molecule has 2 aromatic rings. The number of halogens is 1. The van der Waals surface area contributed by atoms with Crippen LogP contribution in [0.2, 0.25) is 5.02 Å². The molecule has 0 aliphatic rings. The molecule has 0 fully saturated rings. The Balaban J connectivity index is 2.02. The summed E-state index contributed by atoms with van der Waals surface area (Å²) in [6, 6.07) is 11.7. The Bertz CT molecular complexity index is 669. The van der Waals surface area contributed by atoms with Gasteiger partial charge in [0.25, 0.3) is 5.91 Å². The summed E-state index contributed by atoms with van der Waals surface area (Å²) in [4.78, 5) is 11.8. The summed E-state index contributed by atoms with van der Waals surface area (Å²) in [6.45, 7) is 0. The summed E-state index contributed by atoms with van der Waals surface area (Å²) in [5.74, 6) is 0.332. The lowest BCUT2D eigenvalue weighted by molar-refractivity contribution is 0.0955. The number of ether oxygens (including phenoxy) is 1. The number of nitrogen functional groups attached to an aromatic ring is 1. The van der Waals surface area contributed by atoms with Crippen LogP contribution >= 0.6 is 11.6 Å². The molecule has 0 aliphatic carbocycles. The molecule has 0 heterocycles. The summed E-state index contributed by atoms with van der Waals surface area (Å²) in [5, 5.41) is 4.36. The van der Waals surface area contributed by atoms with E-state index in [1.807, 2.05) is 0 Å². The lowest BCUT2D eigenvalue weighted by atomic mass is 10.2. The zero-order valence-electron chi connectivity index (χ0n) is 11.3. The van der Waals surface area contributed by atoms with Gasteiger partial charge in [-0.1, -0.05) is 11.6 Å². The van der Waals surface area contributed by atoms with Crippen LogP contribution in [0.15, 0.2) is 47.6 Å². The van der Waals surface area contributed by atoms with Gasteiger partial charge in [-0.2, -0.15) is 5.10 Å². The number of carbonyl (C=O) groups is 1. The quantitative estimate of drug-likeness (QED) is 0.518. The molecule has 108 valence electrons. The summed E-state index contributed by atoms with van der Waals surface area (Å²) in [5.41, 5.74) is 9.73. The van der Waals surface area contributed by atoms with Gasteiger partial charge in [0.15, 0.2) is 0 Å². The molecule has 21 heavy (non-hydrogen) atoms. The lowest BCUT2D eigenvalue weighted by Gasteiger charge is -2.03. The van der Waals surface area contributed by atoms with Crippen LogP contribution in [0.25, 0.3) is 0 Å². The SMILES string of the molecule is COc1ccc(C=NNC(=O)c2ccc(N)cc2)c(Cl)c1. The first kappa shape index (κ1) is 14.9. The monoisotopic (exact) mass is 303 g/mol. The number of hydrazone groups is 1. The van der Waals surface area contributed by atoms with Crippen LogP contribution in [0.1, 0.15) is 15.9 Å². The van der Waals surface area contributed by atoms with E-state index in [1.54, 1.807) is 49.6 Å². The van der Waals surface area contributed by atoms with Crippen molar-refractivity contribution in [1.29, 1.82) is 0 Å². The van der Waals surface area contributed by atoms with Crippen LogP contribution in [0.4, 0.5) is 5.69 Å². The van der Waals surface area contributed by atoms with Crippen molar-refractivity contribution in [3.8, 4) is 5.75 Å². The number of benzene rings is 2. The average molecular weight is 304 g/mol. The second-order valence-corrected chi connectivity index (χ2v) is 4.62. The van der Waals surface area contributed by atoms with Crippen LogP contribution in [0, 0.1) is 0 Å². The smallest absolute Gasteiger partial charge is 0.271 e. The standard InChI is InChI=1S/C15H14ClN3O2/c1-21-13-7-4-11(14(16)8-13)9-18-19-15(20)10-2-5-12(17)6-3-10/h2-9H,17H2,1H3,(H,19,20). The van der Waals surface area contributed by atoms with Gasteiger partial charge in [0.1, 0.15) is 5.75 Å². The highest BCUT2D eigenvalue weighted by Crippen LogP contribution is 2.20. The van der Waals surface area contributed by atoms with E-state index in [2.05, 4.69) is 10.5 Å². The number of nitrogens with two attached hydrogens (primary N) is 1. The number of anilines is 1. The van der Waals surface area contributed by atoms with Gasteiger partial charge in [-0.05, 0) is 42.5 Å². The first-order chi connectivity index (χ1) is 10.1. The van der Waals surface area contributed by atoms with Crippen LogP contribution in [0.3, 0.4) is 0 Å². The second-order valence-electron chi connectivity index (χ2n) is 4.21. The van der Waals surface area contributed by atoms with E-state index in [1.165, 1.54) is 6.21 Å². The number of rotatable bonds is 4. The molecular weight excluding hydrogens is 290 g/mol. The van der Waals surface area contributed by atoms with E-state index >= 15 is 0 Å². The second kappa shape index (κ2) is 6.76. The maximum absolute atomic E-state index is 11.8. The third-order valence-electron chi connectivity index (χ3n) is 2.75. The molecule has 5 nitrogen and oxygen atoms in total. The fourth-order valence-corrected chi connectivity index (χ4v) is 1.82. The largest absolute Gasteiger partial charge is 0.497 e. The van der Waals surface area contributed by atoms with Crippen molar-refractivity contribution in [2.75, 3.05) is 12.8 Å². The molecule has 0 saturated carbocycles. The van der Waals surface area contributed by atoms with Gasteiger partial charge in [-0.25, -0.2) is 5.43 Å². The maximum Gasteiger partial charge on any atom is 0.271 e. The highest BCUT2D eigenvalue weighted by atomic mass is 35.5. The number of nitrogens with one attached hydrogen (secondary N) is 1. The topological polar surface area (TPSA) is 76.7 Å². The Hall–Kier alpha value is -2.53. The number of hydrogen-bond acceptors (Lipinski definition) is 4. The number of methoxy groups -OCH3 is 1. The summed E-state index contributed by atoms with van der Waals surface area (Å²) in [6.07, 6.45) is 1.47. The Morgan fingerprint density at radius 3 is 2.62 bits per heavy atom. The Kier molecular flexibility index (Phi) is 4.79. The zero-order chi connectivity index (χ0) is 15.2. The number of hydrogen-bond donors (Lipinski definition) is 2. The van der Waals surface area contributed by atoms with Crippen molar-refractivity contribution in [3.05, 3.63) is 58.6 Å². The summed E-state index contributed by atoms with van der Waals surface area (Å²) >= 11 is 6.06. The maximum atomic E-state index is 11.8. The molecule has 0 radical (unpaired) electrons. The van der Waals surface area contributed by atoms with Crippen molar-refractivity contribution in [1.82, 2.24) is 5.43 Å². The van der Waals surface area contributed by atoms with E-state index < -0.39 is 0 Å². The normalized spacial score (nSPS) is 10.6. The van der Waals surface area contributed by atoms with Gasteiger partial charge in [0, 0.05) is 16.8 Å². The molecule has 2 rings (SSSR count). The third-order valence-corrected chi connectivity index (χ3v) is 3.08. The third kappa shape index (κ3) is 3.97. The Labute approximate surface area is 127 Å². The minimum atomic E-state index is -0.323. The highest BCUT2D eigenvalue weighted by Gasteiger charge is 2.03. The number of nitrogens with zero attached hydrogens (tertiary/aromatic N) is 1. The Morgan fingerprint density at radius 1 is 1.29 bits per heavy atom.